The van der Waals surface area contributed by atoms with Crippen molar-refractivity contribution >= 4 is 17.5 Å². The second-order valence-corrected chi connectivity index (χ2v) is 5.84. The predicted molar refractivity (Wildman–Crippen MR) is 76.9 cm³/mol. The summed E-state index contributed by atoms with van der Waals surface area (Å²) in [6, 6.07) is 7.09. The third-order valence-electron chi connectivity index (χ3n) is 4.46. The highest BCUT2D eigenvalue weighted by molar-refractivity contribution is 6.22. The van der Waals surface area contributed by atoms with Gasteiger partial charge in [-0.15, -0.1) is 6.42 Å². The lowest BCUT2D eigenvalue weighted by Gasteiger charge is -2.25. The zero-order valence-electron chi connectivity index (χ0n) is 11.5. The van der Waals surface area contributed by atoms with E-state index < -0.39 is 0 Å². The minimum Gasteiger partial charge on any atom is -0.274 e. The van der Waals surface area contributed by atoms with E-state index in [1.807, 2.05) is 0 Å². The van der Waals surface area contributed by atoms with Crippen LogP contribution < -0.4 is 4.90 Å². The van der Waals surface area contributed by atoms with Gasteiger partial charge in [-0.1, -0.05) is 18.9 Å². The molecule has 0 aromatic heterocycles. The molecule has 3 nitrogen and oxygen atoms in total. The molecule has 1 saturated heterocycles. The van der Waals surface area contributed by atoms with Crippen molar-refractivity contribution in [1.29, 1.82) is 0 Å². The van der Waals surface area contributed by atoms with Crippen LogP contribution in [0.3, 0.4) is 0 Å². The summed E-state index contributed by atoms with van der Waals surface area (Å²) in [5.41, 5.74) is 1.30. The van der Waals surface area contributed by atoms with Gasteiger partial charge in [0, 0.05) is 5.56 Å². The average molecular weight is 267 g/mol. The van der Waals surface area contributed by atoms with E-state index in [1.54, 1.807) is 24.3 Å². The molecular formula is C17H17NO2. The molecule has 0 unspecified atom stereocenters. The number of rotatable bonds is 1. The van der Waals surface area contributed by atoms with Gasteiger partial charge in [-0.05, 0) is 43.4 Å². The Kier molecular flexibility index (Phi) is 3.10. The third kappa shape index (κ3) is 1.92. The van der Waals surface area contributed by atoms with Crippen LogP contribution in [-0.4, -0.2) is 11.8 Å². The van der Waals surface area contributed by atoms with E-state index in [-0.39, 0.29) is 23.7 Å². The summed E-state index contributed by atoms with van der Waals surface area (Å²) in [5, 5.41) is 0. The van der Waals surface area contributed by atoms with E-state index in [1.165, 1.54) is 4.90 Å². The Morgan fingerprint density at radius 2 is 1.95 bits per heavy atom. The van der Waals surface area contributed by atoms with Crippen molar-refractivity contribution in [3.05, 3.63) is 29.8 Å². The van der Waals surface area contributed by atoms with Gasteiger partial charge in [0.15, 0.2) is 0 Å². The number of hydrogen-bond acceptors (Lipinski definition) is 2. The van der Waals surface area contributed by atoms with E-state index in [2.05, 4.69) is 12.8 Å². The van der Waals surface area contributed by atoms with E-state index in [0.717, 1.165) is 19.3 Å². The SMILES string of the molecule is C#Cc1cccc(N2C(=O)[C@H]3C[C@@H](C)CC[C@H]3C2=O)c1. The van der Waals surface area contributed by atoms with Crippen molar-refractivity contribution in [2.45, 2.75) is 26.2 Å². The molecule has 1 aromatic carbocycles. The van der Waals surface area contributed by atoms with Crippen molar-refractivity contribution < 1.29 is 9.59 Å². The van der Waals surface area contributed by atoms with Gasteiger partial charge < -0.3 is 0 Å². The fraction of sp³-hybridized carbons (Fsp3) is 0.412. The highest BCUT2D eigenvalue weighted by atomic mass is 16.2. The van der Waals surface area contributed by atoms with E-state index in [9.17, 15) is 9.59 Å². The number of terminal acetylenes is 1. The molecular weight excluding hydrogens is 250 g/mol. The molecule has 2 aliphatic rings. The quantitative estimate of drug-likeness (QED) is 0.579. The number of amides is 2. The fourth-order valence-electron chi connectivity index (χ4n) is 3.38. The fourth-order valence-corrected chi connectivity index (χ4v) is 3.38. The van der Waals surface area contributed by atoms with Crippen LogP contribution in [-0.2, 0) is 9.59 Å². The molecule has 0 radical (unpaired) electrons. The number of fused-ring (bicyclic) bond motifs is 1. The van der Waals surface area contributed by atoms with Gasteiger partial charge in [0.25, 0.3) is 0 Å². The molecule has 3 rings (SSSR count). The van der Waals surface area contributed by atoms with Gasteiger partial charge >= 0.3 is 0 Å². The van der Waals surface area contributed by atoms with Crippen LogP contribution >= 0.6 is 0 Å². The summed E-state index contributed by atoms with van der Waals surface area (Å²) in [7, 11) is 0. The van der Waals surface area contributed by atoms with Crippen LogP contribution in [0.25, 0.3) is 0 Å². The first-order valence-corrected chi connectivity index (χ1v) is 7.06. The van der Waals surface area contributed by atoms with Crippen molar-refractivity contribution in [3.8, 4) is 12.3 Å². The molecule has 102 valence electrons. The van der Waals surface area contributed by atoms with Gasteiger partial charge in [-0.2, -0.15) is 0 Å². The van der Waals surface area contributed by atoms with Crippen LogP contribution in [0.15, 0.2) is 24.3 Å². The maximum absolute atomic E-state index is 12.5. The first-order chi connectivity index (χ1) is 9.61. The van der Waals surface area contributed by atoms with Gasteiger partial charge in [0.05, 0.1) is 17.5 Å². The molecule has 0 spiro atoms. The van der Waals surface area contributed by atoms with Crippen LogP contribution in [0.2, 0.25) is 0 Å². The monoisotopic (exact) mass is 267 g/mol. The Labute approximate surface area is 119 Å². The number of nitrogens with zero attached hydrogens (tertiary/aromatic N) is 1. The molecule has 3 atom stereocenters. The zero-order valence-corrected chi connectivity index (χ0v) is 11.5. The molecule has 1 aliphatic heterocycles. The van der Waals surface area contributed by atoms with Crippen molar-refractivity contribution in [2.24, 2.45) is 17.8 Å². The molecule has 0 bridgehead atoms. The Morgan fingerprint density at radius 3 is 2.70 bits per heavy atom. The summed E-state index contributed by atoms with van der Waals surface area (Å²) >= 11 is 0. The topological polar surface area (TPSA) is 37.4 Å². The molecule has 20 heavy (non-hydrogen) atoms. The highest BCUT2D eigenvalue weighted by Crippen LogP contribution is 2.42. The molecule has 2 amide bonds. The number of benzene rings is 1. The largest absolute Gasteiger partial charge is 0.274 e. The van der Waals surface area contributed by atoms with Gasteiger partial charge in [-0.25, -0.2) is 0 Å². The second-order valence-electron chi connectivity index (χ2n) is 5.84. The summed E-state index contributed by atoms with van der Waals surface area (Å²) < 4.78 is 0. The molecule has 0 N–H and O–H groups in total. The first-order valence-electron chi connectivity index (χ1n) is 7.06. The molecule has 1 heterocycles. The number of carbonyl (C=O) groups excluding carboxylic acids is 2. The predicted octanol–water partition coefficient (Wildman–Crippen LogP) is 2.59. The Morgan fingerprint density at radius 1 is 1.20 bits per heavy atom. The van der Waals surface area contributed by atoms with Crippen molar-refractivity contribution in [2.75, 3.05) is 4.90 Å². The summed E-state index contributed by atoms with van der Waals surface area (Å²) in [6.07, 6.45) is 8.05. The summed E-state index contributed by atoms with van der Waals surface area (Å²) in [4.78, 5) is 26.4. The molecule has 1 saturated carbocycles. The third-order valence-corrected chi connectivity index (χ3v) is 4.46. The van der Waals surface area contributed by atoms with Crippen LogP contribution in [0, 0.1) is 30.1 Å². The average Bonchev–Trinajstić information content (AvgIpc) is 2.70. The molecule has 1 aromatic rings. The lowest BCUT2D eigenvalue weighted by molar-refractivity contribution is -0.122. The van der Waals surface area contributed by atoms with E-state index >= 15 is 0 Å². The molecule has 3 heteroatoms. The van der Waals surface area contributed by atoms with Crippen molar-refractivity contribution in [3.63, 3.8) is 0 Å². The van der Waals surface area contributed by atoms with Gasteiger partial charge in [0.1, 0.15) is 0 Å². The number of carbonyl (C=O) groups is 2. The highest BCUT2D eigenvalue weighted by Gasteiger charge is 2.49. The summed E-state index contributed by atoms with van der Waals surface area (Å²) in [5.74, 6) is 2.68. The molecule has 1 aliphatic carbocycles. The number of imide groups is 1. The second kappa shape index (κ2) is 4.79. The number of anilines is 1. The van der Waals surface area contributed by atoms with Crippen molar-refractivity contribution in [1.82, 2.24) is 0 Å². The summed E-state index contributed by atoms with van der Waals surface area (Å²) in [6.45, 7) is 2.15. The Bertz CT molecular complexity index is 614. The Hall–Kier alpha value is -2.08. The Balaban J connectivity index is 1.96. The van der Waals surface area contributed by atoms with E-state index in [4.69, 9.17) is 6.42 Å². The maximum atomic E-state index is 12.5. The minimum absolute atomic E-state index is 0.0546. The van der Waals surface area contributed by atoms with Crippen LogP contribution in [0.1, 0.15) is 31.7 Å². The maximum Gasteiger partial charge on any atom is 0.237 e. The van der Waals surface area contributed by atoms with E-state index in [0.29, 0.717) is 17.2 Å². The van der Waals surface area contributed by atoms with Gasteiger partial charge in [0.2, 0.25) is 11.8 Å². The first kappa shape index (κ1) is 12.9. The zero-order chi connectivity index (χ0) is 14.3. The lowest BCUT2D eigenvalue weighted by atomic mass is 9.76. The normalized spacial score (nSPS) is 29.2. The molecule has 2 fully saturated rings. The smallest absolute Gasteiger partial charge is 0.237 e. The standard InChI is InChI=1S/C17H17NO2/c1-3-12-5-4-6-13(10-12)18-16(19)14-8-7-11(2)9-15(14)17(18)20/h1,4-6,10-11,14-15H,7-9H2,2H3/t11-,14+,15-/m0/s1. The van der Waals surface area contributed by atoms with Gasteiger partial charge in [-0.3, -0.25) is 14.5 Å². The minimum atomic E-state index is -0.138. The van der Waals surface area contributed by atoms with Crippen LogP contribution in [0.5, 0.6) is 0 Å². The number of hydrogen-bond donors (Lipinski definition) is 0. The van der Waals surface area contributed by atoms with Crippen LogP contribution in [0.4, 0.5) is 5.69 Å². The lowest BCUT2D eigenvalue weighted by Crippen LogP contribution is -2.30.